The Kier molecular flexibility index (Phi) is 2.81. The van der Waals surface area contributed by atoms with Crippen LogP contribution in [-0.4, -0.2) is 24.2 Å². The molecule has 7 heteroatoms. The summed E-state index contributed by atoms with van der Waals surface area (Å²) in [5.41, 5.74) is 7.60. The molecule has 0 amide bonds. The van der Waals surface area contributed by atoms with Crippen molar-refractivity contribution in [3.05, 3.63) is 27.7 Å². The zero-order valence-electron chi connectivity index (χ0n) is 9.32. The van der Waals surface area contributed by atoms with Gasteiger partial charge in [0.05, 0.1) is 10.7 Å². The number of benzene rings is 1. The molecule has 17 heavy (non-hydrogen) atoms. The Hall–Kier alpha value is -1.95. The maximum absolute atomic E-state index is 10.9. The van der Waals surface area contributed by atoms with Crippen LogP contribution in [0, 0.1) is 0 Å². The molecule has 2 rings (SSSR count). The maximum atomic E-state index is 10.9. The molecule has 0 fully saturated rings. The number of H-pyrrole nitrogens is 1. The van der Waals surface area contributed by atoms with E-state index >= 15 is 0 Å². The predicted octanol–water partition coefficient (Wildman–Crippen LogP) is 1.33. The molecule has 0 unspecified atom stereocenters. The number of anilines is 2. The summed E-state index contributed by atoms with van der Waals surface area (Å²) < 4.78 is 4.44. The van der Waals surface area contributed by atoms with Crippen LogP contribution in [0.4, 0.5) is 11.4 Å². The van der Waals surface area contributed by atoms with Gasteiger partial charge in [-0.1, -0.05) is 16.8 Å². The second-order valence-electron chi connectivity index (χ2n) is 3.73. The first-order valence-corrected chi connectivity index (χ1v) is 5.19. The van der Waals surface area contributed by atoms with Crippen molar-refractivity contribution < 1.29 is 4.52 Å². The van der Waals surface area contributed by atoms with Crippen molar-refractivity contribution in [3.63, 3.8) is 0 Å². The highest BCUT2D eigenvalue weighted by molar-refractivity contribution is 6.33. The number of aromatic nitrogens is 2. The van der Waals surface area contributed by atoms with Crippen molar-refractivity contribution in [1.29, 1.82) is 0 Å². The summed E-state index contributed by atoms with van der Waals surface area (Å²) in [4.78, 5) is 15.2. The van der Waals surface area contributed by atoms with Crippen LogP contribution in [-0.2, 0) is 0 Å². The molecule has 0 aliphatic carbocycles. The monoisotopic (exact) mass is 254 g/mol. The van der Waals surface area contributed by atoms with Gasteiger partial charge in [0.25, 0.3) is 0 Å². The average molecular weight is 255 g/mol. The SMILES string of the molecule is CN(C)c1cc(-c2noc(=O)[nH]2)c(N)cc1Cl. The summed E-state index contributed by atoms with van der Waals surface area (Å²) in [6.45, 7) is 0. The number of hydrogen-bond acceptors (Lipinski definition) is 5. The van der Waals surface area contributed by atoms with E-state index in [1.807, 2.05) is 19.0 Å². The van der Waals surface area contributed by atoms with Gasteiger partial charge in [-0.25, -0.2) is 4.79 Å². The highest BCUT2D eigenvalue weighted by atomic mass is 35.5. The van der Waals surface area contributed by atoms with E-state index in [4.69, 9.17) is 17.3 Å². The minimum absolute atomic E-state index is 0.285. The van der Waals surface area contributed by atoms with E-state index in [9.17, 15) is 4.79 Å². The molecule has 0 bridgehead atoms. The molecule has 0 aliphatic heterocycles. The molecule has 6 nitrogen and oxygen atoms in total. The molecule has 1 aromatic heterocycles. The van der Waals surface area contributed by atoms with Gasteiger partial charge in [0.1, 0.15) is 0 Å². The van der Waals surface area contributed by atoms with Gasteiger partial charge < -0.3 is 10.6 Å². The van der Waals surface area contributed by atoms with Crippen LogP contribution in [0.3, 0.4) is 0 Å². The molecular formula is C10H11ClN4O2. The topological polar surface area (TPSA) is 88.2 Å². The van der Waals surface area contributed by atoms with Crippen molar-refractivity contribution in [2.45, 2.75) is 0 Å². The van der Waals surface area contributed by atoms with Crippen LogP contribution >= 0.6 is 11.6 Å². The molecule has 0 spiro atoms. The number of rotatable bonds is 2. The van der Waals surface area contributed by atoms with Gasteiger partial charge in [-0.05, 0) is 12.1 Å². The lowest BCUT2D eigenvalue weighted by molar-refractivity contribution is 0.388. The molecule has 0 saturated heterocycles. The Morgan fingerprint density at radius 3 is 2.71 bits per heavy atom. The number of halogens is 1. The second-order valence-corrected chi connectivity index (χ2v) is 4.14. The summed E-state index contributed by atoms with van der Waals surface area (Å²) >= 11 is 6.05. The Morgan fingerprint density at radius 1 is 1.47 bits per heavy atom. The van der Waals surface area contributed by atoms with Crippen molar-refractivity contribution in [1.82, 2.24) is 10.1 Å². The standard InChI is InChI=1S/C10H11ClN4O2/c1-15(2)8-3-5(7(12)4-6(8)11)9-13-10(16)17-14-9/h3-4H,12H2,1-2H3,(H,13,14,16). The van der Waals surface area contributed by atoms with Crippen LogP contribution in [0.2, 0.25) is 5.02 Å². The Balaban J connectivity index is 2.62. The summed E-state index contributed by atoms with van der Waals surface area (Å²) in [5, 5.41) is 4.12. The van der Waals surface area contributed by atoms with Crippen molar-refractivity contribution >= 4 is 23.0 Å². The number of nitrogens with zero attached hydrogens (tertiary/aromatic N) is 2. The van der Waals surface area contributed by atoms with E-state index in [1.54, 1.807) is 12.1 Å². The van der Waals surface area contributed by atoms with Gasteiger partial charge in [-0.3, -0.25) is 9.51 Å². The Morgan fingerprint density at radius 2 is 2.18 bits per heavy atom. The van der Waals surface area contributed by atoms with Crippen molar-refractivity contribution in [2.75, 3.05) is 24.7 Å². The third kappa shape index (κ3) is 2.12. The third-order valence-corrected chi connectivity index (χ3v) is 2.60. The normalized spacial score (nSPS) is 10.5. The van der Waals surface area contributed by atoms with Gasteiger partial charge >= 0.3 is 5.76 Å². The number of nitrogen functional groups attached to an aromatic ring is 1. The van der Waals surface area contributed by atoms with Gasteiger partial charge in [-0.15, -0.1) is 0 Å². The first kappa shape index (κ1) is 11.5. The fraction of sp³-hybridized carbons (Fsp3) is 0.200. The van der Waals surface area contributed by atoms with Crippen LogP contribution in [0.1, 0.15) is 0 Å². The second kappa shape index (κ2) is 4.14. The predicted molar refractivity (Wildman–Crippen MR) is 66.3 cm³/mol. The van der Waals surface area contributed by atoms with Gasteiger partial charge in [0.15, 0.2) is 5.82 Å². The van der Waals surface area contributed by atoms with Crippen molar-refractivity contribution in [3.8, 4) is 11.4 Å². The number of nitrogens with one attached hydrogen (secondary N) is 1. The summed E-state index contributed by atoms with van der Waals surface area (Å²) in [6, 6.07) is 3.35. The zero-order valence-corrected chi connectivity index (χ0v) is 10.1. The van der Waals surface area contributed by atoms with E-state index < -0.39 is 5.76 Å². The molecule has 0 saturated carbocycles. The van der Waals surface area contributed by atoms with Gasteiger partial charge in [0.2, 0.25) is 0 Å². The lowest BCUT2D eigenvalue weighted by Crippen LogP contribution is -2.10. The quantitative estimate of drug-likeness (QED) is 0.790. The molecule has 90 valence electrons. The molecule has 0 radical (unpaired) electrons. The highest BCUT2D eigenvalue weighted by Crippen LogP contribution is 2.33. The Labute approximate surface area is 102 Å². The third-order valence-electron chi connectivity index (χ3n) is 2.30. The largest absolute Gasteiger partial charge is 0.439 e. The average Bonchev–Trinajstić information content (AvgIpc) is 2.64. The van der Waals surface area contributed by atoms with E-state index in [-0.39, 0.29) is 5.82 Å². The van der Waals surface area contributed by atoms with E-state index in [0.717, 1.165) is 5.69 Å². The van der Waals surface area contributed by atoms with E-state index in [0.29, 0.717) is 16.3 Å². The lowest BCUT2D eigenvalue weighted by Gasteiger charge is -2.16. The molecule has 1 aromatic carbocycles. The minimum Gasteiger partial charge on any atom is -0.398 e. The number of aromatic amines is 1. The summed E-state index contributed by atoms with van der Waals surface area (Å²) in [5.74, 6) is -0.340. The highest BCUT2D eigenvalue weighted by Gasteiger charge is 2.13. The van der Waals surface area contributed by atoms with Crippen LogP contribution < -0.4 is 16.4 Å². The van der Waals surface area contributed by atoms with Gasteiger partial charge in [-0.2, -0.15) is 0 Å². The molecular weight excluding hydrogens is 244 g/mol. The maximum Gasteiger partial charge on any atom is 0.439 e. The first-order valence-electron chi connectivity index (χ1n) is 4.81. The van der Waals surface area contributed by atoms with Crippen LogP contribution in [0.25, 0.3) is 11.4 Å². The fourth-order valence-electron chi connectivity index (χ4n) is 1.47. The molecule has 2 aromatic rings. The Bertz CT molecular complexity index is 603. The fourth-order valence-corrected chi connectivity index (χ4v) is 1.81. The molecule has 3 N–H and O–H groups in total. The molecule has 0 aliphatic rings. The first-order chi connectivity index (χ1) is 7.99. The van der Waals surface area contributed by atoms with Crippen LogP contribution in [0.15, 0.2) is 21.5 Å². The molecule has 0 atom stereocenters. The van der Waals surface area contributed by atoms with Crippen LogP contribution in [0.5, 0.6) is 0 Å². The number of hydrogen-bond donors (Lipinski definition) is 2. The van der Waals surface area contributed by atoms with Crippen molar-refractivity contribution in [2.24, 2.45) is 0 Å². The van der Waals surface area contributed by atoms with E-state index in [1.165, 1.54) is 0 Å². The summed E-state index contributed by atoms with van der Waals surface area (Å²) in [6.07, 6.45) is 0. The van der Waals surface area contributed by atoms with Gasteiger partial charge in [0, 0.05) is 25.3 Å². The smallest absolute Gasteiger partial charge is 0.398 e. The lowest BCUT2D eigenvalue weighted by atomic mass is 10.1. The zero-order chi connectivity index (χ0) is 12.6. The minimum atomic E-state index is -0.624. The van der Waals surface area contributed by atoms with E-state index in [2.05, 4.69) is 14.7 Å². The number of nitrogens with two attached hydrogens (primary N) is 1. The summed E-state index contributed by atoms with van der Waals surface area (Å²) in [7, 11) is 3.71. The molecule has 1 heterocycles.